The molecule has 2 heterocycles. The van der Waals surface area contributed by atoms with Crippen LogP contribution < -0.4 is 5.32 Å². The number of nitrogens with one attached hydrogen (secondary N) is 1. The molecular weight excluding hydrogens is 476 g/mol. The van der Waals surface area contributed by atoms with Gasteiger partial charge in [-0.1, -0.05) is 17.8 Å². The molecule has 3 rings (SSSR count). The fraction of sp³-hybridized carbons (Fsp3) is 0.105. The Hall–Kier alpha value is -2.27. The molecule has 1 amide bonds. The summed E-state index contributed by atoms with van der Waals surface area (Å²) in [5.74, 6) is -0.423. The van der Waals surface area contributed by atoms with E-state index in [9.17, 15) is 13.2 Å². The third-order valence-corrected chi connectivity index (χ3v) is 7.48. The van der Waals surface area contributed by atoms with Gasteiger partial charge in [0.1, 0.15) is 10.1 Å². The molecule has 10 heteroatoms. The minimum atomic E-state index is -3.69. The Morgan fingerprint density at radius 3 is 2.48 bits per heavy atom. The lowest BCUT2D eigenvalue weighted by Crippen LogP contribution is -2.23. The van der Waals surface area contributed by atoms with Crippen LogP contribution in [0, 0.1) is 0 Å². The molecule has 2 aromatic heterocycles. The predicted molar refractivity (Wildman–Crippen MR) is 116 cm³/mol. The molecule has 0 fully saturated rings. The maximum Gasteiger partial charge on any atom is 0.255 e. The van der Waals surface area contributed by atoms with Crippen LogP contribution in [-0.2, 0) is 10.0 Å². The molecule has 0 unspecified atom stereocenters. The number of amides is 1. The number of nitrogens with zero attached hydrogens (tertiary/aromatic N) is 3. The molecule has 0 saturated heterocycles. The average Bonchev–Trinajstić information content (AvgIpc) is 2.69. The number of sulfonamides is 1. The minimum Gasteiger partial charge on any atom is -0.322 e. The van der Waals surface area contributed by atoms with Crippen molar-refractivity contribution in [1.82, 2.24) is 14.3 Å². The van der Waals surface area contributed by atoms with Crippen molar-refractivity contribution in [3.05, 3.63) is 71.0 Å². The summed E-state index contributed by atoms with van der Waals surface area (Å²) < 4.78 is 26.4. The summed E-state index contributed by atoms with van der Waals surface area (Å²) in [6.45, 7) is 0. The number of hydrogen-bond donors (Lipinski definition) is 1. The number of halogens is 1. The van der Waals surface area contributed by atoms with Crippen molar-refractivity contribution in [2.45, 2.75) is 14.9 Å². The molecule has 0 saturated carbocycles. The van der Waals surface area contributed by atoms with E-state index in [2.05, 4.69) is 31.2 Å². The number of pyridine rings is 2. The molecule has 150 valence electrons. The third-order valence-electron chi connectivity index (χ3n) is 3.79. The van der Waals surface area contributed by atoms with E-state index in [4.69, 9.17) is 0 Å². The molecule has 0 aliphatic carbocycles. The SMILES string of the molecule is CN(C)S(=O)(=O)c1cc(C(=O)Nc2ccnc(Sc3ccccn3)c2)ccc1Br. The van der Waals surface area contributed by atoms with Crippen molar-refractivity contribution in [2.75, 3.05) is 19.4 Å². The van der Waals surface area contributed by atoms with E-state index in [1.54, 1.807) is 36.7 Å². The van der Waals surface area contributed by atoms with Crippen LogP contribution in [0.2, 0.25) is 0 Å². The standard InChI is InChI=1S/C19H17BrN4O3S2/c1-24(2)29(26,27)16-11-13(6-7-15(16)20)19(25)23-14-8-10-22-18(12-14)28-17-5-3-4-9-21-17/h3-12H,1-2H3,(H,22,23,25). The quantitative estimate of drug-likeness (QED) is 0.560. The average molecular weight is 493 g/mol. The minimum absolute atomic E-state index is 0.0243. The molecule has 0 aliphatic heterocycles. The lowest BCUT2D eigenvalue weighted by Gasteiger charge is -2.14. The van der Waals surface area contributed by atoms with Crippen molar-refractivity contribution in [1.29, 1.82) is 0 Å². The first-order valence-corrected chi connectivity index (χ1v) is 11.4. The summed E-state index contributed by atoms with van der Waals surface area (Å²) in [6, 6.07) is 13.4. The monoisotopic (exact) mass is 492 g/mol. The van der Waals surface area contributed by atoms with E-state index in [1.807, 2.05) is 18.2 Å². The van der Waals surface area contributed by atoms with Gasteiger partial charge in [-0.2, -0.15) is 0 Å². The smallest absolute Gasteiger partial charge is 0.255 e. The van der Waals surface area contributed by atoms with E-state index in [0.717, 1.165) is 9.33 Å². The summed E-state index contributed by atoms with van der Waals surface area (Å²) in [6.07, 6.45) is 3.28. The Morgan fingerprint density at radius 1 is 1.03 bits per heavy atom. The zero-order valence-electron chi connectivity index (χ0n) is 15.5. The Labute approximate surface area is 181 Å². The number of carbonyl (C=O) groups excluding carboxylic acids is 1. The van der Waals surface area contributed by atoms with E-state index in [1.165, 1.54) is 31.9 Å². The van der Waals surface area contributed by atoms with Gasteiger partial charge in [0.15, 0.2) is 0 Å². The molecule has 1 N–H and O–H groups in total. The van der Waals surface area contributed by atoms with Crippen molar-refractivity contribution in [2.24, 2.45) is 0 Å². The van der Waals surface area contributed by atoms with E-state index >= 15 is 0 Å². The number of carbonyl (C=O) groups is 1. The Kier molecular flexibility index (Phi) is 6.68. The Morgan fingerprint density at radius 2 is 1.79 bits per heavy atom. The van der Waals surface area contributed by atoms with E-state index in [0.29, 0.717) is 15.2 Å². The van der Waals surface area contributed by atoms with Crippen molar-refractivity contribution in [3.63, 3.8) is 0 Å². The van der Waals surface area contributed by atoms with E-state index in [-0.39, 0.29) is 10.5 Å². The zero-order valence-corrected chi connectivity index (χ0v) is 18.8. The van der Waals surface area contributed by atoms with Gasteiger partial charge in [-0.05, 0) is 58.4 Å². The fourth-order valence-electron chi connectivity index (χ4n) is 2.30. The lowest BCUT2D eigenvalue weighted by atomic mass is 10.2. The molecule has 0 radical (unpaired) electrons. The number of aromatic nitrogens is 2. The van der Waals surface area contributed by atoms with Crippen LogP contribution in [-0.4, -0.2) is 42.7 Å². The highest BCUT2D eigenvalue weighted by Crippen LogP contribution is 2.27. The number of benzene rings is 1. The van der Waals surface area contributed by atoms with Gasteiger partial charge in [0.05, 0.1) is 4.90 Å². The highest BCUT2D eigenvalue weighted by molar-refractivity contribution is 9.10. The summed E-state index contributed by atoms with van der Waals surface area (Å²) in [7, 11) is -0.818. The van der Waals surface area contributed by atoms with Crippen molar-refractivity contribution >= 4 is 49.3 Å². The fourth-order valence-corrected chi connectivity index (χ4v) is 4.92. The molecule has 29 heavy (non-hydrogen) atoms. The second-order valence-electron chi connectivity index (χ2n) is 6.04. The predicted octanol–water partition coefficient (Wildman–Crippen LogP) is 3.89. The molecular formula is C19H17BrN4O3S2. The molecule has 0 spiro atoms. The van der Waals surface area contributed by atoms with Crippen LogP contribution in [0.1, 0.15) is 10.4 Å². The van der Waals surface area contributed by atoms with Gasteiger partial charge < -0.3 is 5.32 Å². The topological polar surface area (TPSA) is 92.3 Å². The van der Waals surface area contributed by atoms with Gasteiger partial charge in [-0.25, -0.2) is 22.7 Å². The first kappa shape index (κ1) is 21.4. The normalized spacial score (nSPS) is 11.4. The maximum absolute atomic E-state index is 12.7. The van der Waals surface area contributed by atoms with Crippen LogP contribution >= 0.6 is 27.7 Å². The zero-order chi connectivity index (χ0) is 21.0. The molecule has 3 aromatic rings. The van der Waals surface area contributed by atoms with Gasteiger partial charge in [0.25, 0.3) is 5.91 Å². The highest BCUT2D eigenvalue weighted by atomic mass is 79.9. The Balaban J connectivity index is 1.81. The van der Waals surface area contributed by atoms with Gasteiger partial charge in [0.2, 0.25) is 10.0 Å². The summed E-state index contributed by atoms with van der Waals surface area (Å²) >= 11 is 4.61. The summed E-state index contributed by atoms with van der Waals surface area (Å²) in [5.41, 5.74) is 0.771. The van der Waals surface area contributed by atoms with Gasteiger partial charge >= 0.3 is 0 Å². The van der Waals surface area contributed by atoms with E-state index < -0.39 is 15.9 Å². The summed E-state index contributed by atoms with van der Waals surface area (Å²) in [4.78, 5) is 21.2. The first-order chi connectivity index (χ1) is 13.8. The van der Waals surface area contributed by atoms with Crippen LogP contribution in [0.3, 0.4) is 0 Å². The largest absolute Gasteiger partial charge is 0.322 e. The van der Waals surface area contributed by atoms with Crippen molar-refractivity contribution < 1.29 is 13.2 Å². The molecule has 0 atom stereocenters. The van der Waals surface area contributed by atoms with Gasteiger partial charge in [0, 0.05) is 42.2 Å². The maximum atomic E-state index is 12.7. The number of hydrogen-bond acceptors (Lipinski definition) is 6. The molecule has 7 nitrogen and oxygen atoms in total. The highest BCUT2D eigenvalue weighted by Gasteiger charge is 2.22. The van der Waals surface area contributed by atoms with Crippen molar-refractivity contribution in [3.8, 4) is 0 Å². The first-order valence-electron chi connectivity index (χ1n) is 8.36. The van der Waals surface area contributed by atoms with Gasteiger partial charge in [-0.15, -0.1) is 0 Å². The molecule has 1 aromatic carbocycles. The third kappa shape index (κ3) is 5.21. The van der Waals surface area contributed by atoms with Crippen LogP contribution in [0.25, 0.3) is 0 Å². The van der Waals surface area contributed by atoms with Crippen LogP contribution in [0.4, 0.5) is 5.69 Å². The van der Waals surface area contributed by atoms with Gasteiger partial charge in [-0.3, -0.25) is 4.79 Å². The second kappa shape index (κ2) is 9.04. The lowest BCUT2D eigenvalue weighted by molar-refractivity contribution is 0.102. The second-order valence-corrected chi connectivity index (χ2v) is 10.1. The Bertz CT molecular complexity index is 1140. The molecule has 0 aliphatic rings. The van der Waals surface area contributed by atoms with Crippen LogP contribution in [0.15, 0.2) is 80.3 Å². The van der Waals surface area contributed by atoms with Crippen LogP contribution in [0.5, 0.6) is 0 Å². The molecule has 0 bridgehead atoms. The number of anilines is 1. The summed E-state index contributed by atoms with van der Waals surface area (Å²) in [5, 5.41) is 4.24. The number of rotatable bonds is 6.